The lowest BCUT2D eigenvalue weighted by molar-refractivity contribution is -0.0446. The van der Waals surface area contributed by atoms with Crippen LogP contribution in [0.25, 0.3) is 10.6 Å². The molecule has 5 nitrogen and oxygen atoms in total. The average Bonchev–Trinajstić information content (AvgIpc) is 3.15. The van der Waals surface area contributed by atoms with Crippen LogP contribution in [0.15, 0.2) is 28.7 Å². The van der Waals surface area contributed by atoms with Crippen molar-refractivity contribution < 1.29 is 19.1 Å². The Morgan fingerprint density at radius 2 is 2.29 bits per heavy atom. The number of amides is 1. The number of nitrogens with zero attached hydrogens (tertiary/aromatic N) is 1. The second-order valence-electron chi connectivity index (χ2n) is 5.00. The zero-order valence-corrected chi connectivity index (χ0v) is 12.6. The Hall–Kier alpha value is -1.63. The molecule has 3 heterocycles. The van der Waals surface area contributed by atoms with Crippen LogP contribution in [0.2, 0.25) is 0 Å². The summed E-state index contributed by atoms with van der Waals surface area (Å²) in [6.07, 6.45) is -0.283. The summed E-state index contributed by atoms with van der Waals surface area (Å²) in [5.74, 6) is 1.62. The van der Waals surface area contributed by atoms with E-state index in [0.717, 1.165) is 16.4 Å². The molecule has 0 bridgehead atoms. The van der Waals surface area contributed by atoms with Crippen molar-refractivity contribution >= 4 is 17.2 Å². The molecule has 0 radical (unpaired) electrons. The van der Waals surface area contributed by atoms with Crippen molar-refractivity contribution in [2.75, 3.05) is 26.3 Å². The number of furan rings is 1. The first-order valence-corrected chi connectivity index (χ1v) is 7.67. The zero-order valence-electron chi connectivity index (χ0n) is 11.7. The maximum Gasteiger partial charge on any atom is 0.264 e. The third-order valence-corrected chi connectivity index (χ3v) is 4.52. The van der Waals surface area contributed by atoms with Crippen molar-refractivity contribution in [3.05, 3.63) is 34.9 Å². The predicted molar refractivity (Wildman–Crippen MR) is 79.5 cm³/mol. The summed E-state index contributed by atoms with van der Waals surface area (Å²) >= 11 is 1.42. The summed E-state index contributed by atoms with van der Waals surface area (Å²) in [6.45, 7) is 3.29. The Morgan fingerprint density at radius 3 is 3.00 bits per heavy atom. The van der Waals surface area contributed by atoms with Crippen LogP contribution in [0.1, 0.15) is 15.4 Å². The van der Waals surface area contributed by atoms with E-state index >= 15 is 0 Å². The van der Waals surface area contributed by atoms with E-state index in [2.05, 4.69) is 0 Å². The van der Waals surface area contributed by atoms with E-state index < -0.39 is 0 Å². The maximum atomic E-state index is 12.5. The number of ether oxygens (including phenoxy) is 1. The van der Waals surface area contributed by atoms with Crippen molar-refractivity contribution in [2.24, 2.45) is 0 Å². The van der Waals surface area contributed by atoms with Gasteiger partial charge in [-0.25, -0.2) is 0 Å². The number of aryl methyl sites for hydroxylation is 1. The molecule has 1 aliphatic rings. The van der Waals surface area contributed by atoms with Gasteiger partial charge >= 0.3 is 0 Å². The molecule has 1 aliphatic heterocycles. The Labute approximate surface area is 126 Å². The van der Waals surface area contributed by atoms with E-state index in [4.69, 9.17) is 14.3 Å². The number of carbonyl (C=O) groups excluding carboxylic acids is 1. The third-order valence-electron chi connectivity index (χ3n) is 3.43. The van der Waals surface area contributed by atoms with E-state index in [1.54, 1.807) is 4.90 Å². The molecule has 0 spiro atoms. The largest absolute Gasteiger partial charge is 0.461 e. The van der Waals surface area contributed by atoms with Gasteiger partial charge in [-0.3, -0.25) is 4.79 Å². The normalized spacial score (nSPS) is 19.0. The van der Waals surface area contributed by atoms with Crippen LogP contribution in [0.5, 0.6) is 0 Å². The zero-order chi connectivity index (χ0) is 14.8. The van der Waals surface area contributed by atoms with Crippen LogP contribution in [0.4, 0.5) is 0 Å². The molecular weight excluding hydrogens is 290 g/mol. The van der Waals surface area contributed by atoms with Crippen LogP contribution in [0, 0.1) is 6.92 Å². The predicted octanol–water partition coefficient (Wildman–Crippen LogP) is 2.15. The summed E-state index contributed by atoms with van der Waals surface area (Å²) in [4.78, 5) is 15.8. The number of aliphatic hydroxyl groups excluding tert-OH is 1. The fourth-order valence-electron chi connectivity index (χ4n) is 2.32. The smallest absolute Gasteiger partial charge is 0.264 e. The summed E-state index contributed by atoms with van der Waals surface area (Å²) in [5, 5.41) is 9.14. The molecule has 0 unspecified atom stereocenters. The Morgan fingerprint density at radius 1 is 1.43 bits per heavy atom. The topological polar surface area (TPSA) is 62.9 Å². The van der Waals surface area contributed by atoms with E-state index in [9.17, 15) is 4.79 Å². The summed E-state index contributed by atoms with van der Waals surface area (Å²) in [6, 6.07) is 7.54. The van der Waals surface area contributed by atoms with Gasteiger partial charge in [-0.15, -0.1) is 11.3 Å². The van der Waals surface area contributed by atoms with Crippen LogP contribution in [-0.2, 0) is 4.74 Å². The molecule has 1 saturated heterocycles. The lowest BCUT2D eigenvalue weighted by atomic mass is 10.2. The van der Waals surface area contributed by atoms with Crippen molar-refractivity contribution in [1.82, 2.24) is 4.90 Å². The number of rotatable bonds is 3. The van der Waals surface area contributed by atoms with Gasteiger partial charge in [-0.1, -0.05) is 0 Å². The standard InChI is InChI=1S/C15H17NO4S/c1-10-2-3-12(20-10)13-4-5-14(21-13)15(18)16-6-7-19-11(8-16)9-17/h2-5,11,17H,6-9H2,1H3/t11-/m0/s1. The number of hydrogen-bond acceptors (Lipinski definition) is 5. The van der Waals surface area contributed by atoms with Gasteiger partial charge in [0.1, 0.15) is 11.5 Å². The van der Waals surface area contributed by atoms with E-state index in [1.165, 1.54) is 11.3 Å². The quantitative estimate of drug-likeness (QED) is 0.944. The summed E-state index contributed by atoms with van der Waals surface area (Å²) in [7, 11) is 0. The third kappa shape index (κ3) is 3.02. The highest BCUT2D eigenvalue weighted by Crippen LogP contribution is 2.30. The lowest BCUT2D eigenvalue weighted by Gasteiger charge is -2.31. The highest BCUT2D eigenvalue weighted by atomic mass is 32.1. The number of morpholine rings is 1. The first-order valence-electron chi connectivity index (χ1n) is 6.86. The first-order chi connectivity index (χ1) is 10.2. The van der Waals surface area contributed by atoms with Crippen molar-refractivity contribution in [3.63, 3.8) is 0 Å². The molecular formula is C15H17NO4S. The Kier molecular flexibility index (Phi) is 4.10. The number of hydrogen-bond donors (Lipinski definition) is 1. The van der Waals surface area contributed by atoms with Crippen molar-refractivity contribution in [1.29, 1.82) is 0 Å². The highest BCUT2D eigenvalue weighted by Gasteiger charge is 2.25. The fourth-order valence-corrected chi connectivity index (χ4v) is 3.26. The van der Waals surface area contributed by atoms with Gasteiger partial charge in [0.25, 0.3) is 5.91 Å². The molecule has 21 heavy (non-hydrogen) atoms. The van der Waals surface area contributed by atoms with Crippen molar-refractivity contribution in [3.8, 4) is 10.6 Å². The van der Waals surface area contributed by atoms with Crippen LogP contribution in [-0.4, -0.2) is 48.3 Å². The van der Waals surface area contributed by atoms with Crippen LogP contribution >= 0.6 is 11.3 Å². The highest BCUT2D eigenvalue weighted by molar-refractivity contribution is 7.17. The molecule has 1 amide bonds. The molecule has 0 aliphatic carbocycles. The van der Waals surface area contributed by atoms with E-state index in [0.29, 0.717) is 24.6 Å². The molecule has 6 heteroatoms. The monoisotopic (exact) mass is 307 g/mol. The minimum absolute atomic E-state index is 0.0173. The number of aliphatic hydroxyl groups is 1. The number of thiophene rings is 1. The Bertz CT molecular complexity index is 633. The van der Waals surface area contributed by atoms with Gasteiger partial charge in [0.05, 0.1) is 29.1 Å². The SMILES string of the molecule is Cc1ccc(-c2ccc(C(=O)N3CCO[C@H](CO)C3)s2)o1. The molecule has 112 valence electrons. The van der Waals surface area contributed by atoms with E-state index in [-0.39, 0.29) is 18.6 Å². The number of carbonyl (C=O) groups is 1. The minimum atomic E-state index is -0.283. The van der Waals surface area contributed by atoms with Crippen LogP contribution in [0.3, 0.4) is 0 Å². The average molecular weight is 307 g/mol. The van der Waals surface area contributed by atoms with Gasteiger partial charge in [0, 0.05) is 13.1 Å². The van der Waals surface area contributed by atoms with Crippen molar-refractivity contribution in [2.45, 2.75) is 13.0 Å². The summed E-state index contributed by atoms with van der Waals surface area (Å²) < 4.78 is 10.9. The molecule has 3 rings (SSSR count). The molecule has 1 atom stereocenters. The molecule has 1 fully saturated rings. The maximum absolute atomic E-state index is 12.5. The molecule has 2 aromatic rings. The molecule has 0 saturated carbocycles. The van der Waals surface area contributed by atoms with Gasteiger partial charge in [-0.05, 0) is 31.2 Å². The second-order valence-corrected chi connectivity index (χ2v) is 6.08. The van der Waals surface area contributed by atoms with Gasteiger partial charge in [0.15, 0.2) is 0 Å². The van der Waals surface area contributed by atoms with E-state index in [1.807, 2.05) is 31.2 Å². The molecule has 0 aromatic carbocycles. The van der Waals surface area contributed by atoms with Gasteiger partial charge in [-0.2, -0.15) is 0 Å². The van der Waals surface area contributed by atoms with Gasteiger partial charge < -0.3 is 19.2 Å². The fraction of sp³-hybridized carbons (Fsp3) is 0.400. The van der Waals surface area contributed by atoms with Crippen LogP contribution < -0.4 is 0 Å². The van der Waals surface area contributed by atoms with Gasteiger partial charge in [0.2, 0.25) is 0 Å². The molecule has 2 aromatic heterocycles. The Balaban J connectivity index is 1.75. The first kappa shape index (κ1) is 14.3. The summed E-state index contributed by atoms with van der Waals surface area (Å²) in [5.41, 5.74) is 0. The molecule has 1 N–H and O–H groups in total. The minimum Gasteiger partial charge on any atom is -0.461 e. The lowest BCUT2D eigenvalue weighted by Crippen LogP contribution is -2.46. The second kappa shape index (κ2) is 6.01.